The smallest absolute Gasteiger partial charge is 0.330 e. The Hall–Kier alpha value is -0.830. The third-order valence-corrected chi connectivity index (χ3v) is 1.91. The van der Waals surface area contributed by atoms with Crippen LogP contribution in [0.25, 0.3) is 0 Å². The van der Waals surface area contributed by atoms with Crippen LogP contribution in [0.2, 0.25) is 0 Å². The second-order valence-electron chi connectivity index (χ2n) is 3.14. The van der Waals surface area contributed by atoms with Gasteiger partial charge in [0.15, 0.2) is 0 Å². The molecular weight excluding hydrogens is 178 g/mol. The Balaban J connectivity index is 0. The van der Waals surface area contributed by atoms with Crippen LogP contribution < -0.4 is 6.15 Å². The van der Waals surface area contributed by atoms with Crippen LogP contribution in [0, 0.1) is 0 Å². The molecule has 0 aromatic rings. The highest BCUT2D eigenvalue weighted by atomic mass is 16.5. The lowest BCUT2D eigenvalue weighted by Crippen LogP contribution is -2.01. The van der Waals surface area contributed by atoms with Crippen molar-refractivity contribution in [2.24, 2.45) is 0 Å². The second kappa shape index (κ2) is 12.2. The predicted molar refractivity (Wildman–Crippen MR) is 59.6 cm³/mol. The first-order valence-corrected chi connectivity index (χ1v) is 5.10. The average molecular weight is 201 g/mol. The van der Waals surface area contributed by atoms with Crippen molar-refractivity contribution in [1.82, 2.24) is 6.15 Å². The van der Waals surface area contributed by atoms with Crippen molar-refractivity contribution in [1.29, 1.82) is 0 Å². The largest absolute Gasteiger partial charge is 0.463 e. The zero-order valence-electron chi connectivity index (χ0n) is 9.26. The van der Waals surface area contributed by atoms with Crippen molar-refractivity contribution in [3.8, 4) is 0 Å². The van der Waals surface area contributed by atoms with Gasteiger partial charge < -0.3 is 10.9 Å². The van der Waals surface area contributed by atoms with E-state index in [1.54, 1.807) is 0 Å². The third kappa shape index (κ3) is 11.2. The van der Waals surface area contributed by atoms with E-state index in [1.807, 2.05) is 0 Å². The molecule has 0 radical (unpaired) electrons. The molecule has 0 aliphatic carbocycles. The van der Waals surface area contributed by atoms with E-state index >= 15 is 0 Å². The highest BCUT2D eigenvalue weighted by molar-refractivity contribution is 5.81. The van der Waals surface area contributed by atoms with Gasteiger partial charge in [0.05, 0.1) is 6.61 Å². The zero-order chi connectivity index (χ0) is 9.94. The molecule has 0 aliphatic rings. The van der Waals surface area contributed by atoms with E-state index in [2.05, 4.69) is 13.5 Å². The van der Waals surface area contributed by atoms with Crippen LogP contribution in [0.3, 0.4) is 0 Å². The SMILES string of the molecule is C=CC(=O)OCCCCCCCC.N. The molecule has 14 heavy (non-hydrogen) atoms. The van der Waals surface area contributed by atoms with E-state index in [0.717, 1.165) is 12.8 Å². The van der Waals surface area contributed by atoms with Gasteiger partial charge in [0.1, 0.15) is 0 Å². The maximum atomic E-state index is 10.6. The Morgan fingerprint density at radius 1 is 1.21 bits per heavy atom. The summed E-state index contributed by atoms with van der Waals surface area (Å²) in [5, 5.41) is 0. The standard InChI is InChI=1S/C11H20O2.H3N/c1-3-5-6-7-8-9-10-13-11(12)4-2;/h4H,2-3,5-10H2,1H3;1H3. The monoisotopic (exact) mass is 201 g/mol. The zero-order valence-corrected chi connectivity index (χ0v) is 9.26. The van der Waals surface area contributed by atoms with Gasteiger partial charge >= 0.3 is 5.97 Å². The lowest BCUT2D eigenvalue weighted by Gasteiger charge is -2.01. The summed E-state index contributed by atoms with van der Waals surface area (Å²) in [5.74, 6) is -0.312. The molecule has 3 N–H and O–H groups in total. The van der Waals surface area contributed by atoms with E-state index in [1.165, 1.54) is 31.8 Å². The van der Waals surface area contributed by atoms with Crippen molar-refractivity contribution in [2.75, 3.05) is 6.61 Å². The van der Waals surface area contributed by atoms with Gasteiger partial charge in [0, 0.05) is 6.08 Å². The normalized spacial score (nSPS) is 8.93. The lowest BCUT2D eigenvalue weighted by atomic mass is 10.1. The number of rotatable bonds is 8. The van der Waals surface area contributed by atoms with Gasteiger partial charge in [-0.3, -0.25) is 0 Å². The molecule has 0 heterocycles. The maximum absolute atomic E-state index is 10.6. The minimum Gasteiger partial charge on any atom is -0.463 e. The minimum atomic E-state index is -0.312. The van der Waals surface area contributed by atoms with E-state index in [4.69, 9.17) is 4.74 Å². The summed E-state index contributed by atoms with van der Waals surface area (Å²) < 4.78 is 4.84. The Labute approximate surface area is 87.1 Å². The van der Waals surface area contributed by atoms with Crippen LogP contribution in [-0.4, -0.2) is 12.6 Å². The Bertz CT molecular complexity index is 146. The van der Waals surface area contributed by atoms with Gasteiger partial charge in [0.2, 0.25) is 0 Å². The molecule has 3 heteroatoms. The van der Waals surface area contributed by atoms with Crippen molar-refractivity contribution < 1.29 is 9.53 Å². The third-order valence-electron chi connectivity index (χ3n) is 1.91. The summed E-state index contributed by atoms with van der Waals surface area (Å²) in [6.07, 6.45) is 8.47. The van der Waals surface area contributed by atoms with Gasteiger partial charge in [0.25, 0.3) is 0 Å². The first kappa shape index (κ1) is 15.6. The number of carbonyl (C=O) groups is 1. The highest BCUT2D eigenvalue weighted by Crippen LogP contribution is 2.04. The molecule has 0 rings (SSSR count). The molecule has 0 spiro atoms. The Morgan fingerprint density at radius 3 is 2.36 bits per heavy atom. The summed E-state index contributed by atoms with van der Waals surface area (Å²) in [6, 6.07) is 0. The molecule has 0 aliphatic heterocycles. The van der Waals surface area contributed by atoms with Gasteiger partial charge in [-0.1, -0.05) is 45.6 Å². The predicted octanol–water partition coefficient (Wildman–Crippen LogP) is 3.24. The number of carbonyl (C=O) groups excluding carboxylic acids is 1. The van der Waals surface area contributed by atoms with Crippen molar-refractivity contribution in [3.05, 3.63) is 12.7 Å². The topological polar surface area (TPSA) is 61.3 Å². The average Bonchev–Trinajstić information content (AvgIpc) is 2.16. The number of hydrogen-bond acceptors (Lipinski definition) is 3. The van der Waals surface area contributed by atoms with E-state index in [0.29, 0.717) is 6.61 Å². The molecule has 3 nitrogen and oxygen atoms in total. The molecule has 0 amide bonds. The van der Waals surface area contributed by atoms with Crippen molar-refractivity contribution >= 4 is 5.97 Å². The summed E-state index contributed by atoms with van der Waals surface area (Å²) in [5.41, 5.74) is 0. The lowest BCUT2D eigenvalue weighted by molar-refractivity contribution is -0.137. The first-order chi connectivity index (χ1) is 6.31. The van der Waals surface area contributed by atoms with Crippen LogP contribution in [0.1, 0.15) is 45.4 Å². The Morgan fingerprint density at radius 2 is 1.79 bits per heavy atom. The molecule has 0 saturated heterocycles. The molecule has 0 atom stereocenters. The van der Waals surface area contributed by atoms with Crippen LogP contribution in [-0.2, 0) is 9.53 Å². The van der Waals surface area contributed by atoms with Crippen LogP contribution in [0.15, 0.2) is 12.7 Å². The number of ether oxygens (including phenoxy) is 1. The number of hydrogen-bond donors (Lipinski definition) is 1. The van der Waals surface area contributed by atoms with Gasteiger partial charge in [-0.2, -0.15) is 0 Å². The number of unbranched alkanes of at least 4 members (excludes halogenated alkanes) is 5. The maximum Gasteiger partial charge on any atom is 0.330 e. The summed E-state index contributed by atoms with van der Waals surface area (Å²) >= 11 is 0. The highest BCUT2D eigenvalue weighted by Gasteiger charge is 1.94. The summed E-state index contributed by atoms with van der Waals surface area (Å²) in [7, 11) is 0. The van der Waals surface area contributed by atoms with E-state index in [-0.39, 0.29) is 12.1 Å². The second-order valence-corrected chi connectivity index (χ2v) is 3.14. The summed E-state index contributed by atoms with van der Waals surface area (Å²) in [6.45, 7) is 6.06. The molecule has 0 unspecified atom stereocenters. The quantitative estimate of drug-likeness (QED) is 0.372. The van der Waals surface area contributed by atoms with Crippen LogP contribution in [0.4, 0.5) is 0 Å². The van der Waals surface area contributed by atoms with Gasteiger partial charge in [-0.05, 0) is 6.42 Å². The van der Waals surface area contributed by atoms with Crippen LogP contribution >= 0.6 is 0 Å². The van der Waals surface area contributed by atoms with Crippen LogP contribution in [0.5, 0.6) is 0 Å². The van der Waals surface area contributed by atoms with Gasteiger partial charge in [-0.15, -0.1) is 0 Å². The van der Waals surface area contributed by atoms with E-state index in [9.17, 15) is 4.79 Å². The molecule has 0 bridgehead atoms. The molecule has 0 aromatic carbocycles. The fourth-order valence-corrected chi connectivity index (χ4v) is 1.11. The molecule has 84 valence electrons. The van der Waals surface area contributed by atoms with Gasteiger partial charge in [-0.25, -0.2) is 4.79 Å². The van der Waals surface area contributed by atoms with E-state index < -0.39 is 0 Å². The molecule has 0 aromatic heterocycles. The number of esters is 1. The van der Waals surface area contributed by atoms with Crippen molar-refractivity contribution in [3.63, 3.8) is 0 Å². The molecule has 0 fully saturated rings. The minimum absolute atomic E-state index is 0. The fourth-order valence-electron chi connectivity index (χ4n) is 1.11. The molecular formula is C11H23NO2. The van der Waals surface area contributed by atoms with Crippen molar-refractivity contribution in [2.45, 2.75) is 45.4 Å². The molecule has 0 saturated carbocycles. The fraction of sp³-hybridized carbons (Fsp3) is 0.727. The first-order valence-electron chi connectivity index (χ1n) is 5.10. The summed E-state index contributed by atoms with van der Waals surface area (Å²) in [4.78, 5) is 10.6. The Kier molecular flexibility index (Phi) is 13.6.